The Morgan fingerprint density at radius 1 is 0.949 bits per heavy atom. The summed E-state index contributed by atoms with van der Waals surface area (Å²) in [5.41, 5.74) is 0.813. The molecule has 0 heterocycles. The van der Waals surface area contributed by atoms with Crippen LogP contribution >= 0.6 is 23.2 Å². The minimum absolute atomic E-state index is 0.00282. The number of hydrogen-bond donors (Lipinski definition) is 1. The first-order chi connectivity index (χ1) is 18.4. The largest absolute Gasteiger partial charge is 0.497 e. The average Bonchev–Trinajstić information content (AvgIpc) is 2.90. The number of sulfonamides is 1. The predicted octanol–water partition coefficient (Wildman–Crippen LogP) is 5.14. The molecule has 0 aliphatic carbocycles. The lowest BCUT2D eigenvalue weighted by Crippen LogP contribution is -2.52. The standard InChI is InChI=1S/C28H31Cl2N3O5S/c1-19(2)31-28(35)20(3)32(17-21-8-5-6-11-26(21)30)27(34)18-33(23-10-7-9-22(29)16-23)39(36,37)25-14-12-24(38-4)13-15-25/h5-16,19-20H,17-18H2,1-4H3,(H,31,35)/t20-/m1/s1. The number of rotatable bonds is 11. The molecule has 0 bridgehead atoms. The van der Waals surface area contributed by atoms with Crippen molar-refractivity contribution in [3.05, 3.63) is 88.4 Å². The molecule has 0 spiro atoms. The lowest BCUT2D eigenvalue weighted by Gasteiger charge is -2.32. The number of hydrogen-bond acceptors (Lipinski definition) is 5. The third kappa shape index (κ3) is 7.65. The van der Waals surface area contributed by atoms with Gasteiger partial charge in [-0.3, -0.25) is 13.9 Å². The van der Waals surface area contributed by atoms with Crippen LogP contribution in [-0.4, -0.2) is 50.9 Å². The van der Waals surface area contributed by atoms with Crippen molar-refractivity contribution in [1.29, 1.82) is 0 Å². The van der Waals surface area contributed by atoms with Gasteiger partial charge in [0.25, 0.3) is 10.0 Å². The van der Waals surface area contributed by atoms with Crippen LogP contribution in [0.25, 0.3) is 0 Å². The van der Waals surface area contributed by atoms with Gasteiger partial charge in [0.2, 0.25) is 11.8 Å². The highest BCUT2D eigenvalue weighted by molar-refractivity contribution is 7.92. The van der Waals surface area contributed by atoms with Crippen molar-refractivity contribution in [3.8, 4) is 5.75 Å². The number of methoxy groups -OCH3 is 1. The summed E-state index contributed by atoms with van der Waals surface area (Å²) >= 11 is 12.6. The molecule has 3 aromatic carbocycles. The van der Waals surface area contributed by atoms with Crippen molar-refractivity contribution in [2.75, 3.05) is 18.0 Å². The number of nitrogens with zero attached hydrogens (tertiary/aromatic N) is 2. The summed E-state index contributed by atoms with van der Waals surface area (Å²) in [4.78, 5) is 28.1. The van der Waals surface area contributed by atoms with E-state index in [1.165, 1.54) is 42.3 Å². The second-order valence-electron chi connectivity index (χ2n) is 9.12. The molecule has 3 aromatic rings. The van der Waals surface area contributed by atoms with Crippen LogP contribution < -0.4 is 14.4 Å². The van der Waals surface area contributed by atoms with Gasteiger partial charge < -0.3 is 15.0 Å². The van der Waals surface area contributed by atoms with Gasteiger partial charge in [0.1, 0.15) is 18.3 Å². The number of nitrogens with one attached hydrogen (secondary N) is 1. The van der Waals surface area contributed by atoms with Gasteiger partial charge in [0, 0.05) is 22.6 Å². The van der Waals surface area contributed by atoms with Crippen LogP contribution in [0.15, 0.2) is 77.7 Å². The summed E-state index contributed by atoms with van der Waals surface area (Å²) in [5, 5.41) is 3.53. The molecule has 3 rings (SSSR count). The first-order valence-electron chi connectivity index (χ1n) is 12.2. The Morgan fingerprint density at radius 2 is 1.62 bits per heavy atom. The van der Waals surface area contributed by atoms with Crippen molar-refractivity contribution in [2.24, 2.45) is 0 Å². The molecule has 0 fully saturated rings. The lowest BCUT2D eigenvalue weighted by molar-refractivity contribution is -0.139. The molecule has 8 nitrogen and oxygen atoms in total. The van der Waals surface area contributed by atoms with Gasteiger partial charge in [-0.05, 0) is 74.9 Å². The molecule has 208 valence electrons. The molecular formula is C28H31Cl2N3O5S. The van der Waals surface area contributed by atoms with Gasteiger partial charge in [0.05, 0.1) is 17.7 Å². The number of halogens is 2. The highest BCUT2D eigenvalue weighted by Crippen LogP contribution is 2.28. The molecule has 0 aromatic heterocycles. The molecule has 0 unspecified atom stereocenters. The fraction of sp³-hybridized carbons (Fsp3) is 0.286. The van der Waals surface area contributed by atoms with Gasteiger partial charge in [-0.2, -0.15) is 0 Å². The van der Waals surface area contributed by atoms with E-state index in [2.05, 4.69) is 5.32 Å². The van der Waals surface area contributed by atoms with E-state index in [9.17, 15) is 18.0 Å². The summed E-state index contributed by atoms with van der Waals surface area (Å²) in [6.45, 7) is 4.63. The number of amides is 2. The smallest absolute Gasteiger partial charge is 0.264 e. The summed E-state index contributed by atoms with van der Waals surface area (Å²) in [7, 11) is -2.75. The second-order valence-corrected chi connectivity index (χ2v) is 11.8. The lowest BCUT2D eigenvalue weighted by atomic mass is 10.1. The fourth-order valence-electron chi connectivity index (χ4n) is 3.83. The first-order valence-corrected chi connectivity index (χ1v) is 14.4. The number of anilines is 1. The van der Waals surface area contributed by atoms with Crippen LogP contribution in [0.1, 0.15) is 26.3 Å². The van der Waals surface area contributed by atoms with Gasteiger partial charge in [-0.25, -0.2) is 8.42 Å². The van der Waals surface area contributed by atoms with Gasteiger partial charge >= 0.3 is 0 Å². The van der Waals surface area contributed by atoms with Crippen LogP contribution in [0.3, 0.4) is 0 Å². The Bertz CT molecular complexity index is 1410. The van der Waals surface area contributed by atoms with Crippen LogP contribution in [0.2, 0.25) is 10.0 Å². The van der Waals surface area contributed by atoms with Crippen molar-refractivity contribution in [3.63, 3.8) is 0 Å². The molecule has 11 heteroatoms. The van der Waals surface area contributed by atoms with Crippen molar-refractivity contribution >= 4 is 50.7 Å². The van der Waals surface area contributed by atoms with Gasteiger partial charge in [0.15, 0.2) is 0 Å². The highest BCUT2D eigenvalue weighted by Gasteiger charge is 2.33. The van der Waals surface area contributed by atoms with Crippen LogP contribution in [-0.2, 0) is 26.2 Å². The molecule has 0 saturated carbocycles. The van der Waals surface area contributed by atoms with E-state index in [1.54, 1.807) is 49.4 Å². The van der Waals surface area contributed by atoms with E-state index < -0.39 is 28.5 Å². The number of benzene rings is 3. The number of carbonyl (C=O) groups is 2. The zero-order chi connectivity index (χ0) is 28.7. The average molecular weight is 593 g/mol. The van der Waals surface area contributed by atoms with Crippen LogP contribution in [0, 0.1) is 0 Å². The maximum Gasteiger partial charge on any atom is 0.264 e. The van der Waals surface area contributed by atoms with Crippen LogP contribution in [0.5, 0.6) is 5.75 Å². The molecular weight excluding hydrogens is 561 g/mol. The fourth-order valence-corrected chi connectivity index (χ4v) is 5.62. The van der Waals surface area contributed by atoms with E-state index in [0.717, 1.165) is 4.31 Å². The third-order valence-corrected chi connectivity index (χ3v) is 8.31. The Balaban J connectivity index is 2.04. The minimum Gasteiger partial charge on any atom is -0.497 e. The predicted molar refractivity (Wildman–Crippen MR) is 154 cm³/mol. The van der Waals surface area contributed by atoms with Gasteiger partial charge in [-0.1, -0.05) is 47.5 Å². The van der Waals surface area contributed by atoms with Crippen molar-refractivity contribution in [1.82, 2.24) is 10.2 Å². The van der Waals surface area contributed by atoms with E-state index in [0.29, 0.717) is 21.4 Å². The molecule has 1 atom stereocenters. The minimum atomic E-state index is -4.23. The maximum absolute atomic E-state index is 13.9. The maximum atomic E-state index is 13.9. The van der Waals surface area contributed by atoms with E-state index in [1.807, 2.05) is 13.8 Å². The number of ether oxygens (including phenoxy) is 1. The monoisotopic (exact) mass is 591 g/mol. The summed E-state index contributed by atoms with van der Waals surface area (Å²) in [6.07, 6.45) is 0. The first kappa shape index (κ1) is 30.3. The molecule has 0 saturated heterocycles. The van der Waals surface area contributed by atoms with Gasteiger partial charge in [-0.15, -0.1) is 0 Å². The summed E-state index contributed by atoms with van der Waals surface area (Å²) in [5.74, 6) is -0.494. The Labute approximate surface area is 239 Å². The van der Waals surface area contributed by atoms with E-state index in [4.69, 9.17) is 27.9 Å². The second kappa shape index (κ2) is 13.2. The molecule has 0 aliphatic rings. The topological polar surface area (TPSA) is 96.0 Å². The zero-order valence-corrected chi connectivity index (χ0v) is 24.4. The SMILES string of the molecule is COc1ccc(S(=O)(=O)N(CC(=O)N(Cc2ccccc2Cl)[C@H](C)C(=O)NC(C)C)c2cccc(Cl)c2)cc1. The van der Waals surface area contributed by atoms with E-state index in [-0.39, 0.29) is 29.1 Å². The Morgan fingerprint density at radius 3 is 2.21 bits per heavy atom. The summed E-state index contributed by atoms with van der Waals surface area (Å²) in [6, 6.07) is 17.9. The van der Waals surface area contributed by atoms with Crippen molar-refractivity contribution in [2.45, 2.75) is 44.3 Å². The quantitative estimate of drug-likeness (QED) is 0.333. The van der Waals surface area contributed by atoms with Crippen LogP contribution in [0.4, 0.5) is 5.69 Å². The zero-order valence-electron chi connectivity index (χ0n) is 22.1. The Hall–Kier alpha value is -3.27. The molecule has 0 radical (unpaired) electrons. The molecule has 39 heavy (non-hydrogen) atoms. The van der Waals surface area contributed by atoms with Crippen molar-refractivity contribution < 1.29 is 22.7 Å². The number of carbonyl (C=O) groups excluding carboxylic acids is 2. The van der Waals surface area contributed by atoms with E-state index >= 15 is 0 Å². The summed E-state index contributed by atoms with van der Waals surface area (Å²) < 4.78 is 33.8. The highest BCUT2D eigenvalue weighted by atomic mass is 35.5. The molecule has 2 amide bonds. The molecule has 1 N–H and O–H groups in total. The normalized spacial score (nSPS) is 12.1. The Kier molecular flexibility index (Phi) is 10.2. The molecule has 0 aliphatic heterocycles. The third-order valence-electron chi connectivity index (χ3n) is 5.92.